The maximum absolute atomic E-state index is 12.2. The summed E-state index contributed by atoms with van der Waals surface area (Å²) in [6.45, 7) is 0. The Labute approximate surface area is 124 Å². The molecule has 0 aromatic heterocycles. The topological polar surface area (TPSA) is 52.6 Å². The fraction of sp³-hybridized carbons (Fsp3) is 0.250. The Morgan fingerprint density at radius 2 is 1.57 bits per heavy atom. The zero-order valence-corrected chi connectivity index (χ0v) is 12.5. The predicted octanol–water partition coefficient (Wildman–Crippen LogP) is 2.95. The lowest BCUT2D eigenvalue weighted by molar-refractivity contribution is 0.414. The molecule has 110 valence electrons. The number of methoxy groups -OCH3 is 1. The first kappa shape index (κ1) is 13.9. The highest BCUT2D eigenvalue weighted by atomic mass is 32.2. The van der Waals surface area contributed by atoms with Gasteiger partial charge in [0.15, 0.2) is 0 Å². The first-order valence-electron chi connectivity index (χ1n) is 6.79. The quantitative estimate of drug-likeness (QED) is 0.815. The average Bonchev–Trinajstić information content (AvgIpc) is 2.94. The van der Waals surface area contributed by atoms with E-state index in [9.17, 15) is 8.42 Å². The number of fused-ring (bicyclic) bond motifs is 1. The minimum absolute atomic E-state index is 0.115. The van der Waals surface area contributed by atoms with Crippen molar-refractivity contribution in [1.82, 2.24) is 0 Å². The summed E-state index contributed by atoms with van der Waals surface area (Å²) < 4.78 is 34.7. The number of benzene rings is 2. The molecule has 0 spiro atoms. The van der Waals surface area contributed by atoms with Gasteiger partial charge < -0.3 is 8.92 Å². The largest absolute Gasteiger partial charge is 0.497 e. The Kier molecular flexibility index (Phi) is 3.59. The van der Waals surface area contributed by atoms with Crippen LogP contribution in [0.4, 0.5) is 0 Å². The summed E-state index contributed by atoms with van der Waals surface area (Å²) in [5.74, 6) is 0.970. The summed E-state index contributed by atoms with van der Waals surface area (Å²) in [5, 5.41) is 0. The van der Waals surface area contributed by atoms with E-state index in [1.54, 1.807) is 18.2 Å². The maximum Gasteiger partial charge on any atom is 0.339 e. The molecule has 21 heavy (non-hydrogen) atoms. The van der Waals surface area contributed by atoms with E-state index in [-0.39, 0.29) is 4.90 Å². The van der Waals surface area contributed by atoms with Gasteiger partial charge in [-0.15, -0.1) is 0 Å². The number of ether oxygens (including phenoxy) is 1. The highest BCUT2D eigenvalue weighted by molar-refractivity contribution is 7.87. The predicted molar refractivity (Wildman–Crippen MR) is 79.3 cm³/mol. The van der Waals surface area contributed by atoms with Crippen molar-refractivity contribution < 1.29 is 17.3 Å². The minimum atomic E-state index is -3.81. The van der Waals surface area contributed by atoms with Crippen molar-refractivity contribution in [3.8, 4) is 11.5 Å². The first-order valence-corrected chi connectivity index (χ1v) is 8.20. The Morgan fingerprint density at radius 1 is 0.905 bits per heavy atom. The van der Waals surface area contributed by atoms with Crippen LogP contribution in [0.2, 0.25) is 0 Å². The Morgan fingerprint density at radius 3 is 2.29 bits per heavy atom. The number of rotatable bonds is 4. The molecule has 0 aliphatic heterocycles. The molecule has 0 bridgehead atoms. The van der Waals surface area contributed by atoms with Gasteiger partial charge in [-0.05, 0) is 66.8 Å². The van der Waals surface area contributed by atoms with Crippen LogP contribution in [0.3, 0.4) is 0 Å². The lowest BCUT2D eigenvalue weighted by Gasteiger charge is -2.09. The Bertz CT molecular complexity index is 748. The molecule has 0 atom stereocenters. The van der Waals surface area contributed by atoms with E-state index in [1.165, 1.54) is 30.4 Å². The van der Waals surface area contributed by atoms with E-state index in [1.807, 2.05) is 12.1 Å². The summed E-state index contributed by atoms with van der Waals surface area (Å²) in [6, 6.07) is 11.6. The van der Waals surface area contributed by atoms with E-state index < -0.39 is 10.1 Å². The summed E-state index contributed by atoms with van der Waals surface area (Å²) in [7, 11) is -2.28. The summed E-state index contributed by atoms with van der Waals surface area (Å²) in [6.07, 6.45) is 3.15. The van der Waals surface area contributed by atoms with Crippen molar-refractivity contribution in [2.45, 2.75) is 24.2 Å². The van der Waals surface area contributed by atoms with Crippen LogP contribution in [0.25, 0.3) is 0 Å². The van der Waals surface area contributed by atoms with Crippen molar-refractivity contribution >= 4 is 10.1 Å². The third-order valence-corrected chi connectivity index (χ3v) is 4.89. The lowest BCUT2D eigenvalue weighted by atomic mass is 10.1. The van der Waals surface area contributed by atoms with Gasteiger partial charge in [-0.1, -0.05) is 6.07 Å². The molecular weight excluding hydrogens is 288 g/mol. The van der Waals surface area contributed by atoms with Crippen molar-refractivity contribution in [3.63, 3.8) is 0 Å². The number of hydrogen-bond donors (Lipinski definition) is 0. The van der Waals surface area contributed by atoms with Gasteiger partial charge in [0, 0.05) is 0 Å². The monoisotopic (exact) mass is 304 g/mol. The smallest absolute Gasteiger partial charge is 0.339 e. The number of hydrogen-bond acceptors (Lipinski definition) is 4. The molecule has 0 amide bonds. The zero-order valence-electron chi connectivity index (χ0n) is 11.7. The third-order valence-electron chi connectivity index (χ3n) is 3.62. The molecule has 1 aliphatic rings. The third kappa shape index (κ3) is 2.88. The maximum atomic E-state index is 12.2. The minimum Gasteiger partial charge on any atom is -0.497 e. The molecule has 1 aliphatic carbocycles. The standard InChI is InChI=1S/C16H16O4S/c1-19-14-7-9-16(10-8-14)21(17,18)20-15-6-5-12-3-2-4-13(12)11-15/h5-11H,2-4H2,1H3. The molecule has 4 nitrogen and oxygen atoms in total. The number of aryl methyl sites for hydroxylation is 2. The van der Waals surface area contributed by atoms with Crippen molar-refractivity contribution in [3.05, 3.63) is 53.6 Å². The second-order valence-electron chi connectivity index (χ2n) is 5.00. The van der Waals surface area contributed by atoms with E-state index in [0.29, 0.717) is 11.5 Å². The van der Waals surface area contributed by atoms with E-state index in [0.717, 1.165) is 19.3 Å². The normalized spacial score (nSPS) is 13.8. The van der Waals surface area contributed by atoms with Gasteiger partial charge in [-0.3, -0.25) is 0 Å². The van der Waals surface area contributed by atoms with Crippen LogP contribution < -0.4 is 8.92 Å². The van der Waals surface area contributed by atoms with Gasteiger partial charge in [0.1, 0.15) is 16.4 Å². The van der Waals surface area contributed by atoms with Crippen LogP contribution in [-0.2, 0) is 23.0 Å². The van der Waals surface area contributed by atoms with Gasteiger partial charge in [0.2, 0.25) is 0 Å². The molecule has 0 N–H and O–H groups in total. The second-order valence-corrected chi connectivity index (χ2v) is 6.54. The molecule has 3 rings (SSSR count). The van der Waals surface area contributed by atoms with Gasteiger partial charge >= 0.3 is 10.1 Å². The van der Waals surface area contributed by atoms with Crippen molar-refractivity contribution in [2.24, 2.45) is 0 Å². The highest BCUT2D eigenvalue weighted by Crippen LogP contribution is 2.28. The van der Waals surface area contributed by atoms with Crippen LogP contribution in [0.15, 0.2) is 47.4 Å². The second kappa shape index (κ2) is 5.41. The summed E-state index contributed by atoms with van der Waals surface area (Å²) in [4.78, 5) is 0.115. The average molecular weight is 304 g/mol. The molecule has 2 aromatic rings. The Hall–Kier alpha value is -2.01. The molecule has 2 aromatic carbocycles. The fourth-order valence-corrected chi connectivity index (χ4v) is 3.44. The van der Waals surface area contributed by atoms with E-state index in [2.05, 4.69) is 0 Å². The first-order chi connectivity index (χ1) is 10.1. The molecule has 0 saturated carbocycles. The van der Waals surface area contributed by atoms with E-state index in [4.69, 9.17) is 8.92 Å². The molecule has 0 fully saturated rings. The molecule has 0 unspecified atom stereocenters. The van der Waals surface area contributed by atoms with Crippen molar-refractivity contribution in [2.75, 3.05) is 7.11 Å². The van der Waals surface area contributed by atoms with Gasteiger partial charge in [0.25, 0.3) is 0 Å². The molecular formula is C16H16O4S. The van der Waals surface area contributed by atoms with Crippen molar-refractivity contribution in [1.29, 1.82) is 0 Å². The van der Waals surface area contributed by atoms with Gasteiger partial charge in [-0.25, -0.2) is 0 Å². The zero-order chi connectivity index (χ0) is 14.9. The van der Waals surface area contributed by atoms with Crippen LogP contribution in [-0.4, -0.2) is 15.5 Å². The molecule has 0 saturated heterocycles. The highest BCUT2D eigenvalue weighted by Gasteiger charge is 2.18. The van der Waals surface area contributed by atoms with Gasteiger partial charge in [0.05, 0.1) is 7.11 Å². The summed E-state index contributed by atoms with van der Waals surface area (Å²) in [5.41, 5.74) is 2.46. The van der Waals surface area contributed by atoms with Crippen LogP contribution in [0, 0.1) is 0 Å². The van der Waals surface area contributed by atoms with Crippen LogP contribution >= 0.6 is 0 Å². The van der Waals surface area contributed by atoms with Crippen LogP contribution in [0.1, 0.15) is 17.5 Å². The SMILES string of the molecule is COc1ccc(S(=O)(=O)Oc2ccc3c(c2)CCC3)cc1. The summed E-state index contributed by atoms with van der Waals surface area (Å²) >= 11 is 0. The lowest BCUT2D eigenvalue weighted by Crippen LogP contribution is -2.09. The molecule has 5 heteroatoms. The molecule has 0 radical (unpaired) electrons. The van der Waals surface area contributed by atoms with Crippen LogP contribution in [0.5, 0.6) is 11.5 Å². The van der Waals surface area contributed by atoms with E-state index >= 15 is 0 Å². The Balaban J connectivity index is 1.85. The fourth-order valence-electron chi connectivity index (χ4n) is 2.52. The molecule has 0 heterocycles. The van der Waals surface area contributed by atoms with Gasteiger partial charge in [-0.2, -0.15) is 8.42 Å².